The number of hydrogen-bond acceptors (Lipinski definition) is 3. The van der Waals surface area contributed by atoms with E-state index < -0.39 is 0 Å². The minimum atomic E-state index is 0.827. The van der Waals surface area contributed by atoms with Crippen molar-refractivity contribution in [2.45, 2.75) is 44.9 Å². The van der Waals surface area contributed by atoms with Crippen LogP contribution >= 0.6 is 12.0 Å². The van der Waals surface area contributed by atoms with Gasteiger partial charge in [-0.2, -0.15) is 0 Å². The van der Waals surface area contributed by atoms with E-state index in [0.29, 0.717) is 0 Å². The Balaban J connectivity index is 0.00000116. The molecule has 120 valence electrons. The fraction of sp³-hybridized carbons (Fsp3) is 0.368. The third-order valence-corrected chi connectivity index (χ3v) is 3.58. The van der Waals surface area contributed by atoms with Crippen molar-refractivity contribution in [3.63, 3.8) is 0 Å². The molecule has 0 atom stereocenters. The SMILES string of the molecule is CC.CCCCc1ccc(Oc2cccc(SOC)c2)cc1. The van der Waals surface area contributed by atoms with E-state index in [4.69, 9.17) is 8.92 Å². The average Bonchev–Trinajstić information content (AvgIpc) is 2.57. The quantitative estimate of drug-likeness (QED) is 0.543. The third-order valence-electron chi connectivity index (χ3n) is 2.96. The van der Waals surface area contributed by atoms with Crippen molar-refractivity contribution in [3.05, 3.63) is 54.1 Å². The van der Waals surface area contributed by atoms with Crippen LogP contribution in [-0.2, 0) is 10.6 Å². The predicted molar refractivity (Wildman–Crippen MR) is 95.8 cm³/mol. The predicted octanol–water partition coefficient (Wildman–Crippen LogP) is 6.50. The summed E-state index contributed by atoms with van der Waals surface area (Å²) in [7, 11) is 1.66. The highest BCUT2D eigenvalue weighted by Gasteiger charge is 2.00. The first-order valence-electron chi connectivity index (χ1n) is 7.89. The van der Waals surface area contributed by atoms with Crippen molar-refractivity contribution >= 4 is 12.0 Å². The van der Waals surface area contributed by atoms with Gasteiger partial charge in [-0.15, -0.1) is 0 Å². The molecule has 0 saturated carbocycles. The van der Waals surface area contributed by atoms with Gasteiger partial charge >= 0.3 is 0 Å². The Kier molecular flexibility index (Phi) is 9.44. The number of aryl methyl sites for hydroxylation is 1. The second-order valence-corrected chi connectivity index (χ2v) is 5.55. The van der Waals surface area contributed by atoms with Gasteiger partial charge in [0.25, 0.3) is 0 Å². The number of hydrogen-bond donors (Lipinski definition) is 0. The molecule has 0 aliphatic heterocycles. The summed E-state index contributed by atoms with van der Waals surface area (Å²) < 4.78 is 10.9. The third kappa shape index (κ3) is 6.54. The molecule has 0 heterocycles. The molecule has 2 nitrogen and oxygen atoms in total. The van der Waals surface area contributed by atoms with Gasteiger partial charge in [0.2, 0.25) is 0 Å². The average molecular weight is 318 g/mol. The Hall–Kier alpha value is -1.45. The molecule has 0 saturated heterocycles. The van der Waals surface area contributed by atoms with Crippen molar-refractivity contribution < 1.29 is 8.92 Å². The van der Waals surface area contributed by atoms with Gasteiger partial charge in [-0.1, -0.05) is 45.4 Å². The Morgan fingerprint density at radius 1 is 0.955 bits per heavy atom. The van der Waals surface area contributed by atoms with E-state index in [0.717, 1.165) is 22.8 Å². The van der Waals surface area contributed by atoms with Crippen molar-refractivity contribution in [3.8, 4) is 11.5 Å². The fourth-order valence-corrected chi connectivity index (χ4v) is 2.42. The van der Waals surface area contributed by atoms with Gasteiger partial charge in [-0.25, -0.2) is 0 Å². The first-order valence-corrected chi connectivity index (χ1v) is 8.63. The maximum atomic E-state index is 5.86. The van der Waals surface area contributed by atoms with Crippen molar-refractivity contribution in [2.75, 3.05) is 7.11 Å². The van der Waals surface area contributed by atoms with E-state index in [-0.39, 0.29) is 0 Å². The molecule has 0 fully saturated rings. The fourth-order valence-electron chi connectivity index (χ4n) is 1.93. The molecule has 2 aromatic rings. The van der Waals surface area contributed by atoms with Gasteiger partial charge in [0.15, 0.2) is 0 Å². The Bertz CT molecular complexity index is 523. The summed E-state index contributed by atoms with van der Waals surface area (Å²) in [5.74, 6) is 1.69. The smallest absolute Gasteiger partial charge is 0.128 e. The van der Waals surface area contributed by atoms with Crippen LogP contribution in [0.1, 0.15) is 39.2 Å². The van der Waals surface area contributed by atoms with Crippen molar-refractivity contribution in [2.24, 2.45) is 0 Å². The van der Waals surface area contributed by atoms with E-state index >= 15 is 0 Å². The summed E-state index contributed by atoms with van der Waals surface area (Å²) in [6, 6.07) is 16.2. The molecule has 22 heavy (non-hydrogen) atoms. The molecule has 2 aromatic carbocycles. The minimum absolute atomic E-state index is 0.827. The standard InChI is InChI=1S/C17H20O2S.C2H6/c1-3-4-6-14-9-11-15(12-10-14)19-16-7-5-8-17(13-16)20-18-2;1-2/h5,7-13H,3-4,6H2,1-2H3;1-2H3. The second kappa shape index (κ2) is 11.2. The minimum Gasteiger partial charge on any atom is -0.457 e. The Morgan fingerprint density at radius 2 is 1.68 bits per heavy atom. The normalized spacial score (nSPS) is 9.82. The number of ether oxygens (including phenoxy) is 1. The van der Waals surface area contributed by atoms with Gasteiger partial charge in [0.05, 0.1) is 7.11 Å². The van der Waals surface area contributed by atoms with E-state index in [1.54, 1.807) is 7.11 Å². The first-order chi connectivity index (χ1) is 10.8. The van der Waals surface area contributed by atoms with E-state index in [9.17, 15) is 0 Å². The van der Waals surface area contributed by atoms with Crippen LogP contribution in [0.3, 0.4) is 0 Å². The summed E-state index contributed by atoms with van der Waals surface area (Å²) in [5, 5.41) is 0. The van der Waals surface area contributed by atoms with Crippen LogP contribution in [0, 0.1) is 0 Å². The summed E-state index contributed by atoms with van der Waals surface area (Å²) >= 11 is 1.33. The second-order valence-electron chi connectivity index (χ2n) is 4.57. The molecule has 0 radical (unpaired) electrons. The summed E-state index contributed by atoms with van der Waals surface area (Å²) in [6.07, 6.45) is 3.59. The molecular weight excluding hydrogens is 292 g/mol. The molecule has 0 aromatic heterocycles. The summed E-state index contributed by atoms with van der Waals surface area (Å²) in [4.78, 5) is 1.03. The lowest BCUT2D eigenvalue weighted by atomic mass is 10.1. The van der Waals surface area contributed by atoms with Crippen LogP contribution in [0.5, 0.6) is 11.5 Å². The van der Waals surface area contributed by atoms with Gasteiger partial charge in [-0.3, -0.25) is 0 Å². The highest BCUT2D eigenvalue weighted by molar-refractivity contribution is 7.94. The van der Waals surface area contributed by atoms with E-state index in [1.165, 1.54) is 30.4 Å². The van der Waals surface area contributed by atoms with Gasteiger partial charge in [0.1, 0.15) is 11.5 Å². The molecule has 0 N–H and O–H groups in total. The van der Waals surface area contributed by atoms with Gasteiger partial charge < -0.3 is 8.92 Å². The van der Waals surface area contributed by atoms with Gasteiger partial charge in [0, 0.05) is 16.9 Å². The van der Waals surface area contributed by atoms with Crippen LogP contribution in [0.15, 0.2) is 53.4 Å². The van der Waals surface area contributed by atoms with E-state index in [2.05, 4.69) is 19.1 Å². The van der Waals surface area contributed by atoms with Crippen LogP contribution < -0.4 is 4.74 Å². The van der Waals surface area contributed by atoms with Crippen LogP contribution in [0.4, 0.5) is 0 Å². The zero-order chi connectivity index (χ0) is 16.2. The van der Waals surface area contributed by atoms with Crippen LogP contribution in [0.25, 0.3) is 0 Å². The molecule has 0 amide bonds. The Labute approximate surface area is 139 Å². The number of rotatable bonds is 7. The molecule has 3 heteroatoms. The summed E-state index contributed by atoms with van der Waals surface area (Å²) in [5.41, 5.74) is 1.36. The molecule has 0 aliphatic carbocycles. The topological polar surface area (TPSA) is 18.5 Å². The van der Waals surface area contributed by atoms with Crippen LogP contribution in [0.2, 0.25) is 0 Å². The number of benzene rings is 2. The lowest BCUT2D eigenvalue weighted by molar-refractivity contribution is 0.477. The van der Waals surface area contributed by atoms with Crippen LogP contribution in [-0.4, -0.2) is 7.11 Å². The van der Waals surface area contributed by atoms with Crippen molar-refractivity contribution in [1.29, 1.82) is 0 Å². The number of unbranched alkanes of at least 4 members (excludes halogenated alkanes) is 1. The maximum absolute atomic E-state index is 5.86. The largest absolute Gasteiger partial charge is 0.457 e. The summed E-state index contributed by atoms with van der Waals surface area (Å²) in [6.45, 7) is 6.21. The zero-order valence-electron chi connectivity index (χ0n) is 14.0. The molecular formula is C19H26O2S. The zero-order valence-corrected chi connectivity index (χ0v) is 14.8. The monoisotopic (exact) mass is 318 g/mol. The maximum Gasteiger partial charge on any atom is 0.128 e. The molecule has 0 unspecified atom stereocenters. The van der Waals surface area contributed by atoms with E-state index in [1.807, 2.05) is 50.2 Å². The lowest BCUT2D eigenvalue weighted by Gasteiger charge is -2.08. The highest BCUT2D eigenvalue weighted by Crippen LogP contribution is 2.27. The molecule has 0 spiro atoms. The molecule has 2 rings (SSSR count). The Morgan fingerprint density at radius 3 is 2.32 bits per heavy atom. The molecule has 0 aliphatic rings. The molecule has 0 bridgehead atoms. The lowest BCUT2D eigenvalue weighted by Crippen LogP contribution is -1.87. The van der Waals surface area contributed by atoms with Gasteiger partial charge in [-0.05, 0) is 48.7 Å². The van der Waals surface area contributed by atoms with Crippen molar-refractivity contribution in [1.82, 2.24) is 0 Å². The first kappa shape index (κ1) is 18.6. The highest BCUT2D eigenvalue weighted by atomic mass is 32.2.